The number of ketones is 1. The Labute approximate surface area is 168 Å². The van der Waals surface area contributed by atoms with Gasteiger partial charge in [0, 0.05) is 5.41 Å². The van der Waals surface area contributed by atoms with Crippen LogP contribution in [0.4, 0.5) is 0 Å². The molecular formula is C21H27BrO5. The highest BCUT2D eigenvalue weighted by atomic mass is 79.9. The van der Waals surface area contributed by atoms with Gasteiger partial charge in [-0.3, -0.25) is 4.79 Å². The predicted octanol–water partition coefficient (Wildman–Crippen LogP) is 4.11. The fraction of sp³-hybridized carbons (Fsp3) is 0.619. The van der Waals surface area contributed by atoms with E-state index in [1.54, 1.807) is 6.92 Å². The van der Waals surface area contributed by atoms with Crippen LogP contribution in [0.15, 0.2) is 10.5 Å². The van der Waals surface area contributed by atoms with Gasteiger partial charge >= 0.3 is 5.97 Å². The molecule has 4 unspecified atom stereocenters. The standard InChI is InChI=1S/C21H27BrO5/c1-6-27-19(25)21(26)18(24)14-13(9-11(4)16(22)17(14)23)15-12(10(2)3)7-8-20(15,21)5/h9-10,12,15,23,26H,6-8H2,1-5H3. The number of hydrogen-bond acceptors (Lipinski definition) is 5. The Balaban J connectivity index is 2.36. The maximum absolute atomic E-state index is 13.4. The van der Waals surface area contributed by atoms with Crippen LogP contribution in [-0.4, -0.2) is 34.2 Å². The van der Waals surface area contributed by atoms with E-state index in [0.717, 1.165) is 17.5 Å². The zero-order chi connectivity index (χ0) is 20.3. The fourth-order valence-corrected chi connectivity index (χ4v) is 5.56. The SMILES string of the molecule is CCOC(=O)C1(O)C(=O)c2c(cc(C)c(Br)c2O)C2C(C(C)C)CCC21C. The molecule has 2 aliphatic carbocycles. The molecule has 148 valence electrons. The number of aryl methyl sites for hydroxylation is 1. The van der Waals surface area contributed by atoms with Crippen LogP contribution in [0.25, 0.3) is 0 Å². The lowest BCUT2D eigenvalue weighted by Gasteiger charge is -2.49. The van der Waals surface area contributed by atoms with Crippen LogP contribution in [0.3, 0.4) is 0 Å². The van der Waals surface area contributed by atoms with Gasteiger partial charge in [0.25, 0.3) is 0 Å². The molecule has 0 bridgehead atoms. The number of benzene rings is 1. The van der Waals surface area contributed by atoms with Gasteiger partial charge < -0.3 is 14.9 Å². The summed E-state index contributed by atoms with van der Waals surface area (Å²) in [4.78, 5) is 26.3. The van der Waals surface area contributed by atoms with Crippen molar-refractivity contribution in [1.82, 2.24) is 0 Å². The number of phenolic OH excluding ortho intramolecular Hbond substituents is 1. The van der Waals surface area contributed by atoms with Crippen molar-refractivity contribution in [3.8, 4) is 5.75 Å². The number of carbonyl (C=O) groups excluding carboxylic acids is 2. The van der Waals surface area contributed by atoms with Crippen LogP contribution in [0, 0.1) is 24.2 Å². The molecule has 2 N–H and O–H groups in total. The lowest BCUT2D eigenvalue weighted by atomic mass is 9.55. The normalized spacial score (nSPS) is 32.4. The third-order valence-corrected chi connectivity index (χ3v) is 7.71. The van der Waals surface area contributed by atoms with Gasteiger partial charge in [-0.1, -0.05) is 26.8 Å². The van der Waals surface area contributed by atoms with E-state index in [0.29, 0.717) is 16.8 Å². The first kappa shape index (κ1) is 20.3. The number of Topliss-reactive ketones (excluding diaryl/α,β-unsaturated/α-hetero) is 1. The molecule has 0 heterocycles. The number of carbonyl (C=O) groups is 2. The minimum atomic E-state index is -2.31. The molecule has 2 aliphatic rings. The van der Waals surface area contributed by atoms with Crippen molar-refractivity contribution < 1.29 is 24.5 Å². The average Bonchev–Trinajstić information content (AvgIpc) is 2.97. The number of esters is 1. The van der Waals surface area contributed by atoms with Gasteiger partial charge in [-0.15, -0.1) is 0 Å². The molecule has 0 spiro atoms. The Morgan fingerprint density at radius 2 is 2.07 bits per heavy atom. The van der Waals surface area contributed by atoms with Gasteiger partial charge in [0.2, 0.25) is 11.4 Å². The molecule has 1 aromatic carbocycles. The average molecular weight is 439 g/mol. The maximum atomic E-state index is 13.4. The fourth-order valence-electron chi connectivity index (χ4n) is 5.25. The Kier molecular flexibility index (Phi) is 4.96. The molecule has 27 heavy (non-hydrogen) atoms. The second kappa shape index (κ2) is 6.59. The number of rotatable bonds is 3. The zero-order valence-electron chi connectivity index (χ0n) is 16.4. The van der Waals surface area contributed by atoms with Crippen molar-refractivity contribution in [3.63, 3.8) is 0 Å². The maximum Gasteiger partial charge on any atom is 0.347 e. The number of hydrogen-bond donors (Lipinski definition) is 2. The van der Waals surface area contributed by atoms with Crippen LogP contribution < -0.4 is 0 Å². The van der Waals surface area contributed by atoms with E-state index in [-0.39, 0.29) is 29.8 Å². The van der Waals surface area contributed by atoms with Crippen molar-refractivity contribution in [2.75, 3.05) is 6.61 Å². The zero-order valence-corrected chi connectivity index (χ0v) is 18.0. The molecule has 0 aliphatic heterocycles. The molecule has 0 radical (unpaired) electrons. The summed E-state index contributed by atoms with van der Waals surface area (Å²) in [7, 11) is 0. The van der Waals surface area contributed by atoms with E-state index < -0.39 is 22.8 Å². The van der Waals surface area contributed by atoms with Crippen molar-refractivity contribution in [2.45, 2.75) is 59.0 Å². The molecule has 5 nitrogen and oxygen atoms in total. The highest BCUT2D eigenvalue weighted by Gasteiger charge is 2.69. The van der Waals surface area contributed by atoms with Crippen LogP contribution in [0.5, 0.6) is 5.75 Å². The molecule has 0 saturated heterocycles. The van der Waals surface area contributed by atoms with E-state index in [4.69, 9.17) is 4.74 Å². The van der Waals surface area contributed by atoms with Gasteiger partial charge in [-0.25, -0.2) is 4.79 Å². The molecule has 1 aromatic rings. The van der Waals surface area contributed by atoms with Crippen molar-refractivity contribution in [2.24, 2.45) is 17.3 Å². The van der Waals surface area contributed by atoms with Crippen LogP contribution in [0.2, 0.25) is 0 Å². The summed E-state index contributed by atoms with van der Waals surface area (Å²) in [6, 6.07) is 1.91. The van der Waals surface area contributed by atoms with Gasteiger partial charge in [0.05, 0.1) is 16.6 Å². The summed E-state index contributed by atoms with van der Waals surface area (Å²) in [5.41, 5.74) is -1.71. The third-order valence-electron chi connectivity index (χ3n) is 6.71. The quantitative estimate of drug-likeness (QED) is 0.547. The lowest BCUT2D eigenvalue weighted by molar-refractivity contribution is -0.173. The second-order valence-corrected chi connectivity index (χ2v) is 9.21. The molecule has 0 aromatic heterocycles. The first-order chi connectivity index (χ1) is 12.5. The van der Waals surface area contributed by atoms with Crippen molar-refractivity contribution in [1.29, 1.82) is 0 Å². The highest BCUT2D eigenvalue weighted by Crippen LogP contribution is 2.64. The number of phenols is 1. The predicted molar refractivity (Wildman–Crippen MR) is 105 cm³/mol. The second-order valence-electron chi connectivity index (χ2n) is 8.42. The highest BCUT2D eigenvalue weighted by molar-refractivity contribution is 9.10. The molecule has 4 atom stereocenters. The molecule has 3 rings (SSSR count). The van der Waals surface area contributed by atoms with E-state index in [2.05, 4.69) is 29.8 Å². The van der Waals surface area contributed by atoms with E-state index in [1.165, 1.54) is 0 Å². The molecule has 1 fully saturated rings. The van der Waals surface area contributed by atoms with E-state index in [9.17, 15) is 19.8 Å². The largest absolute Gasteiger partial charge is 0.506 e. The molecule has 6 heteroatoms. The summed E-state index contributed by atoms with van der Waals surface area (Å²) in [6.07, 6.45) is 1.33. The first-order valence-electron chi connectivity index (χ1n) is 9.48. The summed E-state index contributed by atoms with van der Waals surface area (Å²) in [5, 5.41) is 22.3. The summed E-state index contributed by atoms with van der Waals surface area (Å²) >= 11 is 3.32. The topological polar surface area (TPSA) is 83.8 Å². The van der Waals surface area contributed by atoms with Crippen molar-refractivity contribution in [3.05, 3.63) is 27.2 Å². The molecule has 1 saturated carbocycles. The Morgan fingerprint density at radius 1 is 1.44 bits per heavy atom. The number of fused-ring (bicyclic) bond motifs is 3. The Morgan fingerprint density at radius 3 is 2.63 bits per heavy atom. The van der Waals surface area contributed by atoms with Gasteiger partial charge in [-0.2, -0.15) is 0 Å². The lowest BCUT2D eigenvalue weighted by Crippen LogP contribution is -2.63. The van der Waals surface area contributed by atoms with E-state index >= 15 is 0 Å². The van der Waals surface area contributed by atoms with Gasteiger partial charge in [0.15, 0.2) is 0 Å². The molecular weight excluding hydrogens is 412 g/mol. The van der Waals surface area contributed by atoms with Crippen LogP contribution in [0.1, 0.15) is 67.9 Å². The number of aliphatic hydroxyl groups is 1. The Bertz CT molecular complexity index is 817. The summed E-state index contributed by atoms with van der Waals surface area (Å²) in [6.45, 7) is 9.61. The summed E-state index contributed by atoms with van der Waals surface area (Å²) < 4.78 is 5.54. The smallest absolute Gasteiger partial charge is 0.347 e. The van der Waals surface area contributed by atoms with Crippen LogP contribution >= 0.6 is 15.9 Å². The first-order valence-corrected chi connectivity index (χ1v) is 10.3. The number of halogens is 1. The Hall–Kier alpha value is -1.40. The summed E-state index contributed by atoms with van der Waals surface area (Å²) in [5.74, 6) is -1.64. The monoisotopic (exact) mass is 438 g/mol. The van der Waals surface area contributed by atoms with Crippen molar-refractivity contribution >= 4 is 27.7 Å². The third kappa shape index (κ3) is 2.52. The van der Waals surface area contributed by atoms with Crippen LogP contribution in [-0.2, 0) is 9.53 Å². The van der Waals surface area contributed by atoms with Gasteiger partial charge in [0.1, 0.15) is 5.75 Å². The van der Waals surface area contributed by atoms with E-state index in [1.807, 2.05) is 19.9 Å². The minimum Gasteiger partial charge on any atom is -0.506 e. The minimum absolute atomic E-state index is 0.0399. The number of aromatic hydroxyl groups is 1. The molecule has 0 amide bonds. The number of ether oxygens (including phenoxy) is 1. The van der Waals surface area contributed by atoms with Gasteiger partial charge in [-0.05, 0) is 71.5 Å².